The lowest BCUT2D eigenvalue weighted by Gasteiger charge is -1.99. The number of carbonyl (C=O) groups is 2. The smallest absolute Gasteiger partial charge is 0.337 e. The predicted octanol–water partition coefficient (Wildman–Crippen LogP) is 1.03. The van der Waals surface area contributed by atoms with E-state index in [-0.39, 0.29) is 5.69 Å². The first-order valence-electron chi connectivity index (χ1n) is 5.98. The minimum absolute atomic E-state index is 0.177. The zero-order chi connectivity index (χ0) is 15.1. The van der Waals surface area contributed by atoms with E-state index >= 15 is 0 Å². The maximum absolute atomic E-state index is 11.6. The summed E-state index contributed by atoms with van der Waals surface area (Å²) in [6.45, 7) is 0. The van der Waals surface area contributed by atoms with Gasteiger partial charge in [0.1, 0.15) is 5.69 Å². The number of hydrogen-bond donors (Lipinski definition) is 1. The summed E-state index contributed by atoms with van der Waals surface area (Å²) in [6, 6.07) is 6.59. The van der Waals surface area contributed by atoms with E-state index in [2.05, 4.69) is 25.2 Å². The SMILES string of the molecule is COC(=O)c1ccc(C=NNC(=O)c2cnccn2)cc1. The van der Waals surface area contributed by atoms with Gasteiger partial charge in [0.05, 0.1) is 25.1 Å². The number of methoxy groups -OCH3 is 1. The quantitative estimate of drug-likeness (QED) is 0.514. The van der Waals surface area contributed by atoms with Gasteiger partial charge in [-0.25, -0.2) is 15.2 Å². The zero-order valence-electron chi connectivity index (χ0n) is 11.2. The van der Waals surface area contributed by atoms with Gasteiger partial charge in [-0.05, 0) is 17.7 Å². The predicted molar refractivity (Wildman–Crippen MR) is 74.9 cm³/mol. The van der Waals surface area contributed by atoms with Gasteiger partial charge in [0.25, 0.3) is 5.91 Å². The molecule has 0 saturated carbocycles. The number of aromatic nitrogens is 2. The highest BCUT2D eigenvalue weighted by Crippen LogP contribution is 2.03. The van der Waals surface area contributed by atoms with Crippen molar-refractivity contribution in [3.05, 3.63) is 59.7 Å². The number of benzene rings is 1. The molecule has 1 heterocycles. The number of hydrogen-bond acceptors (Lipinski definition) is 6. The Bertz CT molecular complexity index is 654. The maximum Gasteiger partial charge on any atom is 0.337 e. The van der Waals surface area contributed by atoms with Crippen LogP contribution in [-0.4, -0.2) is 35.2 Å². The fourth-order valence-electron chi connectivity index (χ4n) is 1.46. The van der Waals surface area contributed by atoms with Crippen LogP contribution in [0.25, 0.3) is 0 Å². The first-order valence-corrected chi connectivity index (χ1v) is 5.98. The lowest BCUT2D eigenvalue weighted by molar-refractivity contribution is 0.0600. The van der Waals surface area contributed by atoms with Crippen LogP contribution in [0.3, 0.4) is 0 Å². The van der Waals surface area contributed by atoms with Crippen molar-refractivity contribution in [1.29, 1.82) is 0 Å². The molecule has 106 valence electrons. The molecule has 0 aliphatic rings. The van der Waals surface area contributed by atoms with Crippen molar-refractivity contribution in [1.82, 2.24) is 15.4 Å². The van der Waals surface area contributed by atoms with Gasteiger partial charge < -0.3 is 4.74 Å². The first-order chi connectivity index (χ1) is 10.2. The monoisotopic (exact) mass is 284 g/mol. The molecule has 1 aromatic heterocycles. The van der Waals surface area contributed by atoms with E-state index < -0.39 is 11.9 Å². The second-order valence-corrected chi connectivity index (χ2v) is 3.90. The highest BCUT2D eigenvalue weighted by atomic mass is 16.5. The van der Waals surface area contributed by atoms with E-state index in [0.717, 1.165) is 5.56 Å². The summed E-state index contributed by atoms with van der Waals surface area (Å²) in [5.74, 6) is -0.861. The number of carbonyl (C=O) groups excluding carboxylic acids is 2. The number of nitrogens with one attached hydrogen (secondary N) is 1. The number of nitrogens with zero attached hydrogens (tertiary/aromatic N) is 3. The van der Waals surface area contributed by atoms with Gasteiger partial charge in [0.2, 0.25) is 0 Å². The van der Waals surface area contributed by atoms with Crippen molar-refractivity contribution < 1.29 is 14.3 Å². The average molecular weight is 284 g/mol. The summed E-state index contributed by atoms with van der Waals surface area (Å²) in [7, 11) is 1.32. The summed E-state index contributed by atoms with van der Waals surface area (Å²) < 4.78 is 4.60. The van der Waals surface area contributed by atoms with Crippen molar-refractivity contribution >= 4 is 18.1 Å². The Morgan fingerprint density at radius 1 is 1.24 bits per heavy atom. The molecule has 1 aromatic carbocycles. The Morgan fingerprint density at radius 2 is 2.00 bits per heavy atom. The van der Waals surface area contributed by atoms with Crippen LogP contribution in [0.5, 0.6) is 0 Å². The molecule has 7 nitrogen and oxygen atoms in total. The summed E-state index contributed by atoms with van der Waals surface area (Å²) in [5, 5.41) is 3.80. The van der Waals surface area contributed by atoms with Gasteiger partial charge in [0, 0.05) is 12.4 Å². The number of rotatable bonds is 4. The van der Waals surface area contributed by atoms with E-state index in [1.807, 2.05) is 0 Å². The highest BCUT2D eigenvalue weighted by Gasteiger charge is 2.05. The molecule has 21 heavy (non-hydrogen) atoms. The molecular weight excluding hydrogens is 272 g/mol. The molecule has 0 bridgehead atoms. The first kappa shape index (κ1) is 14.3. The largest absolute Gasteiger partial charge is 0.465 e. The van der Waals surface area contributed by atoms with Crippen LogP contribution in [0.1, 0.15) is 26.4 Å². The van der Waals surface area contributed by atoms with Gasteiger partial charge in [-0.15, -0.1) is 0 Å². The fourth-order valence-corrected chi connectivity index (χ4v) is 1.46. The number of ether oxygens (including phenoxy) is 1. The summed E-state index contributed by atoms with van der Waals surface area (Å²) in [4.78, 5) is 30.5. The van der Waals surface area contributed by atoms with E-state index in [9.17, 15) is 9.59 Å². The minimum Gasteiger partial charge on any atom is -0.465 e. The van der Waals surface area contributed by atoms with Crippen molar-refractivity contribution in [3.8, 4) is 0 Å². The molecule has 0 saturated heterocycles. The zero-order valence-corrected chi connectivity index (χ0v) is 11.2. The summed E-state index contributed by atoms with van der Waals surface area (Å²) in [6.07, 6.45) is 5.69. The van der Waals surface area contributed by atoms with Gasteiger partial charge in [-0.2, -0.15) is 5.10 Å². The molecule has 0 radical (unpaired) electrons. The fraction of sp³-hybridized carbons (Fsp3) is 0.0714. The molecule has 2 rings (SSSR count). The van der Waals surface area contributed by atoms with Gasteiger partial charge in [0.15, 0.2) is 0 Å². The Kier molecular flexibility index (Phi) is 4.70. The standard InChI is InChI=1S/C14H12N4O3/c1-21-14(20)11-4-2-10(3-5-11)8-17-18-13(19)12-9-15-6-7-16-12/h2-9H,1H3,(H,18,19). The van der Waals surface area contributed by atoms with Crippen molar-refractivity contribution in [3.63, 3.8) is 0 Å². The number of esters is 1. The molecule has 0 spiro atoms. The van der Waals surface area contributed by atoms with Gasteiger partial charge in [-0.1, -0.05) is 12.1 Å². The molecule has 1 amide bonds. The van der Waals surface area contributed by atoms with Crippen LogP contribution in [0.4, 0.5) is 0 Å². The summed E-state index contributed by atoms with van der Waals surface area (Å²) in [5.41, 5.74) is 3.68. The molecule has 1 N–H and O–H groups in total. The van der Waals surface area contributed by atoms with Gasteiger partial charge in [-0.3, -0.25) is 9.78 Å². The molecular formula is C14H12N4O3. The van der Waals surface area contributed by atoms with Crippen molar-refractivity contribution in [2.75, 3.05) is 7.11 Å². The van der Waals surface area contributed by atoms with Gasteiger partial charge >= 0.3 is 5.97 Å². The molecule has 0 atom stereocenters. The Morgan fingerprint density at radius 3 is 2.62 bits per heavy atom. The molecule has 0 aliphatic heterocycles. The minimum atomic E-state index is -0.453. The molecule has 0 unspecified atom stereocenters. The lowest BCUT2D eigenvalue weighted by Crippen LogP contribution is -2.19. The summed E-state index contributed by atoms with van der Waals surface area (Å²) >= 11 is 0. The van der Waals surface area contributed by atoms with E-state index in [4.69, 9.17) is 0 Å². The van der Waals surface area contributed by atoms with Crippen molar-refractivity contribution in [2.24, 2.45) is 5.10 Å². The maximum atomic E-state index is 11.6. The van der Waals surface area contributed by atoms with E-state index in [1.54, 1.807) is 24.3 Å². The third kappa shape index (κ3) is 3.93. The Balaban J connectivity index is 1.95. The lowest BCUT2D eigenvalue weighted by atomic mass is 10.1. The highest BCUT2D eigenvalue weighted by molar-refractivity contribution is 5.93. The van der Waals surface area contributed by atoms with Crippen LogP contribution in [0.15, 0.2) is 48.0 Å². The van der Waals surface area contributed by atoms with Crippen LogP contribution in [0.2, 0.25) is 0 Å². The average Bonchev–Trinajstić information content (AvgIpc) is 2.55. The Hall–Kier alpha value is -3.09. The number of amides is 1. The topological polar surface area (TPSA) is 93.5 Å². The van der Waals surface area contributed by atoms with E-state index in [0.29, 0.717) is 5.56 Å². The molecule has 0 fully saturated rings. The molecule has 0 aliphatic carbocycles. The third-order valence-electron chi connectivity index (χ3n) is 2.51. The molecule has 2 aromatic rings. The van der Waals surface area contributed by atoms with Crippen LogP contribution >= 0.6 is 0 Å². The number of hydrazone groups is 1. The van der Waals surface area contributed by atoms with Crippen LogP contribution in [-0.2, 0) is 4.74 Å². The van der Waals surface area contributed by atoms with Crippen molar-refractivity contribution in [2.45, 2.75) is 0 Å². The second kappa shape index (κ2) is 6.90. The van der Waals surface area contributed by atoms with Crippen LogP contribution in [0, 0.1) is 0 Å². The second-order valence-electron chi connectivity index (χ2n) is 3.90. The Labute approximate surface area is 120 Å². The van der Waals surface area contributed by atoms with Crippen LogP contribution < -0.4 is 5.43 Å². The van der Waals surface area contributed by atoms with E-state index in [1.165, 1.54) is 31.9 Å². The third-order valence-corrected chi connectivity index (χ3v) is 2.51. The normalized spacial score (nSPS) is 10.3. The molecule has 7 heteroatoms.